The molecule has 0 spiro atoms. The van der Waals surface area contributed by atoms with Crippen molar-refractivity contribution in [1.82, 2.24) is 0 Å². The third kappa shape index (κ3) is 4.00. The van der Waals surface area contributed by atoms with Gasteiger partial charge in [0.1, 0.15) is 0 Å². The van der Waals surface area contributed by atoms with E-state index in [1.807, 2.05) is 3.58 Å². The number of hydrogen-bond acceptors (Lipinski definition) is 1. The summed E-state index contributed by atoms with van der Waals surface area (Å²) in [7, 11) is 0. The molecule has 0 aromatic heterocycles. The average Bonchev–Trinajstić information content (AvgIpc) is 2.51. The number of rotatable bonds is 3. The van der Waals surface area contributed by atoms with E-state index in [0.29, 0.717) is 0 Å². The molecule has 110 valence electrons. The molecule has 0 aliphatic heterocycles. The standard InChI is InChI=1S/2C6H11.C6H5.H2O.Sn/c3*1-2-4-6-5-3-1;;/h2*1H,2-6H2;1-5H;1H2;/q;;;;+1/p-1. The molecule has 2 heteroatoms. The summed E-state index contributed by atoms with van der Waals surface area (Å²) in [6, 6.07) is 11.8. The fourth-order valence-electron chi connectivity index (χ4n) is 4.26. The second-order valence-electron chi connectivity index (χ2n) is 6.49. The van der Waals surface area contributed by atoms with Gasteiger partial charge in [0.2, 0.25) is 0 Å². The van der Waals surface area contributed by atoms with Crippen LogP contribution in [0.4, 0.5) is 0 Å². The van der Waals surface area contributed by atoms with Crippen LogP contribution in [0.2, 0.25) is 7.87 Å². The first kappa shape index (κ1) is 16.4. The molecule has 20 heavy (non-hydrogen) atoms. The minimum absolute atomic E-state index is 0. The van der Waals surface area contributed by atoms with Crippen LogP contribution in [0.5, 0.6) is 0 Å². The van der Waals surface area contributed by atoms with Crippen LogP contribution in [-0.4, -0.2) is 25.2 Å². The van der Waals surface area contributed by atoms with Gasteiger partial charge < -0.3 is 5.48 Å². The van der Waals surface area contributed by atoms with Gasteiger partial charge in [-0.3, -0.25) is 0 Å². The fourth-order valence-corrected chi connectivity index (χ4v) is 16.4. The van der Waals surface area contributed by atoms with Gasteiger partial charge in [-0.05, 0) is 0 Å². The third-order valence-corrected chi connectivity index (χ3v) is 16.4. The van der Waals surface area contributed by atoms with Gasteiger partial charge in [-0.2, -0.15) is 0 Å². The Labute approximate surface area is 131 Å². The van der Waals surface area contributed by atoms with Gasteiger partial charge in [-0.25, -0.2) is 0 Å². The molecule has 3 rings (SSSR count). The van der Waals surface area contributed by atoms with Crippen LogP contribution in [0.3, 0.4) is 0 Å². The fraction of sp³-hybridized carbons (Fsp3) is 0.667. The Morgan fingerprint density at radius 1 is 0.650 bits per heavy atom. The van der Waals surface area contributed by atoms with Gasteiger partial charge in [0, 0.05) is 0 Å². The van der Waals surface area contributed by atoms with E-state index < -0.39 is 19.8 Å². The van der Waals surface area contributed by atoms with Crippen molar-refractivity contribution >= 4 is 23.3 Å². The summed E-state index contributed by atoms with van der Waals surface area (Å²) in [6.45, 7) is 0. The van der Waals surface area contributed by atoms with Gasteiger partial charge in [-0.1, -0.05) is 0 Å². The molecule has 1 nitrogen and oxygen atoms in total. The molecular formula is C18H28OSn. The summed E-state index contributed by atoms with van der Waals surface area (Å²) in [5, 5.41) is 0. The topological polar surface area (TPSA) is 30.0 Å². The molecule has 0 bridgehead atoms. The normalized spacial score (nSPS) is 21.2. The molecule has 2 aliphatic rings. The molecule has 0 heterocycles. The van der Waals surface area contributed by atoms with Crippen LogP contribution in [-0.2, 0) is 0 Å². The van der Waals surface area contributed by atoms with Gasteiger partial charge in [0.25, 0.3) is 0 Å². The Hall–Kier alpha value is -0.0213. The van der Waals surface area contributed by atoms with Crippen molar-refractivity contribution in [2.24, 2.45) is 0 Å². The molecule has 2 saturated carbocycles. The predicted molar refractivity (Wildman–Crippen MR) is 87.4 cm³/mol. The van der Waals surface area contributed by atoms with E-state index in [1.165, 1.54) is 46.4 Å². The average molecular weight is 379 g/mol. The van der Waals surface area contributed by atoms with Crippen molar-refractivity contribution < 1.29 is 5.48 Å². The number of hydrogen-bond donors (Lipinski definition) is 0. The van der Waals surface area contributed by atoms with Crippen molar-refractivity contribution in [2.45, 2.75) is 72.1 Å². The summed E-state index contributed by atoms with van der Waals surface area (Å²) >= 11 is -1.43. The van der Waals surface area contributed by atoms with Gasteiger partial charge in [-0.15, -0.1) is 0 Å². The molecule has 0 saturated heterocycles. The Balaban J connectivity index is 0.00000147. The summed E-state index contributed by atoms with van der Waals surface area (Å²) in [6.07, 6.45) is 15.4. The predicted octanol–water partition coefficient (Wildman–Crippen LogP) is 4.88. The maximum atomic E-state index is 2.48. The zero-order valence-electron chi connectivity index (χ0n) is 12.6. The van der Waals surface area contributed by atoms with Crippen LogP contribution in [0.1, 0.15) is 64.2 Å². The second kappa shape index (κ2) is 8.43. The Morgan fingerprint density at radius 2 is 1.10 bits per heavy atom. The van der Waals surface area contributed by atoms with E-state index in [-0.39, 0.29) is 5.48 Å². The molecule has 1 aromatic carbocycles. The third-order valence-electron chi connectivity index (χ3n) is 5.20. The van der Waals surface area contributed by atoms with E-state index in [4.69, 9.17) is 0 Å². The van der Waals surface area contributed by atoms with E-state index in [2.05, 4.69) is 30.3 Å². The molecule has 0 unspecified atom stereocenters. The zero-order chi connectivity index (χ0) is 12.9. The van der Waals surface area contributed by atoms with Crippen LogP contribution < -0.4 is 3.58 Å². The quantitative estimate of drug-likeness (QED) is 0.689. The van der Waals surface area contributed by atoms with Crippen molar-refractivity contribution in [1.29, 1.82) is 0 Å². The van der Waals surface area contributed by atoms with Crippen molar-refractivity contribution in [3.05, 3.63) is 30.3 Å². The summed E-state index contributed by atoms with van der Waals surface area (Å²) < 4.78 is 4.17. The molecule has 0 atom stereocenters. The molecule has 0 amide bonds. The summed E-state index contributed by atoms with van der Waals surface area (Å²) in [5.74, 6) is 0. The summed E-state index contributed by atoms with van der Waals surface area (Å²) in [5.41, 5.74) is 0. The zero-order valence-corrected chi connectivity index (χ0v) is 15.4. The van der Waals surface area contributed by atoms with E-state index in [0.717, 1.165) is 0 Å². The summed E-state index contributed by atoms with van der Waals surface area (Å²) in [4.78, 5) is 0. The van der Waals surface area contributed by atoms with Gasteiger partial charge in [0.15, 0.2) is 0 Å². The molecular weight excluding hydrogens is 351 g/mol. The second-order valence-corrected chi connectivity index (χ2v) is 15.4. The molecule has 1 N–H and O–H groups in total. The van der Waals surface area contributed by atoms with E-state index in [9.17, 15) is 0 Å². The first-order chi connectivity index (χ1) is 9.45. The molecule has 2 fully saturated rings. The first-order valence-electron chi connectivity index (χ1n) is 8.37. The molecule has 2 aliphatic carbocycles. The Bertz CT molecular complexity index is 348. The number of benzene rings is 1. The van der Waals surface area contributed by atoms with Gasteiger partial charge >= 0.3 is 126 Å². The SMILES string of the molecule is [OH-].c1cc[c]([Sn+]([CH]2CCCCC2)[CH]2CCCCC2)cc1. The van der Waals surface area contributed by atoms with E-state index in [1.54, 1.807) is 25.7 Å². The van der Waals surface area contributed by atoms with Crippen LogP contribution in [0.15, 0.2) is 30.3 Å². The van der Waals surface area contributed by atoms with Crippen LogP contribution in [0.25, 0.3) is 0 Å². The van der Waals surface area contributed by atoms with E-state index >= 15 is 0 Å². The maximum absolute atomic E-state index is 2.48. The van der Waals surface area contributed by atoms with Crippen LogP contribution in [0, 0.1) is 0 Å². The monoisotopic (exact) mass is 380 g/mol. The Kier molecular flexibility index (Phi) is 6.89. The Morgan fingerprint density at radius 3 is 1.55 bits per heavy atom. The molecule has 1 aromatic rings. The minimum atomic E-state index is -1.43. The van der Waals surface area contributed by atoms with Crippen LogP contribution >= 0.6 is 0 Å². The van der Waals surface area contributed by atoms with Crippen molar-refractivity contribution in [3.8, 4) is 0 Å². The molecule has 0 radical (unpaired) electrons. The van der Waals surface area contributed by atoms with Crippen molar-refractivity contribution in [2.75, 3.05) is 0 Å². The van der Waals surface area contributed by atoms with Gasteiger partial charge in [0.05, 0.1) is 0 Å². The first-order valence-corrected chi connectivity index (χ1v) is 13.1. The van der Waals surface area contributed by atoms with Crippen molar-refractivity contribution in [3.63, 3.8) is 0 Å².